The molecule has 3 heterocycles. The van der Waals surface area contributed by atoms with Crippen molar-refractivity contribution in [1.82, 2.24) is 20.0 Å². The van der Waals surface area contributed by atoms with Gasteiger partial charge >= 0.3 is 0 Å². The molecule has 25 heavy (non-hydrogen) atoms. The van der Waals surface area contributed by atoms with Crippen LogP contribution in [-0.4, -0.2) is 46.9 Å². The minimum Gasteiger partial charge on any atom is -0.370 e. The highest BCUT2D eigenvalue weighted by atomic mass is 15.3. The number of hydrogen-bond acceptors (Lipinski definition) is 4. The second-order valence-corrected chi connectivity index (χ2v) is 7.59. The summed E-state index contributed by atoms with van der Waals surface area (Å²) in [6, 6.07) is 11.6. The zero-order valence-electron chi connectivity index (χ0n) is 15.1. The largest absolute Gasteiger partial charge is 0.370 e. The van der Waals surface area contributed by atoms with E-state index in [4.69, 9.17) is 0 Å². The number of benzene rings is 1. The average molecular weight is 339 g/mol. The standard InChI is InChI=1S/C20H29N5/c1-16-3-2-4-17(11-16)14-24-9-6-19(7-10-24)21-12-18-13-22-20-5-8-23-25(20)15-18/h2-5,8,11,18-19,21-22H,6-7,9-10,12-15H2,1H3. The fraction of sp³-hybridized carbons (Fsp3) is 0.550. The lowest BCUT2D eigenvalue weighted by Crippen LogP contribution is -2.45. The molecule has 1 unspecified atom stereocenters. The molecule has 2 aliphatic rings. The normalized spacial score (nSPS) is 21.7. The summed E-state index contributed by atoms with van der Waals surface area (Å²) in [7, 11) is 0. The molecule has 5 nitrogen and oxygen atoms in total. The van der Waals surface area contributed by atoms with E-state index in [9.17, 15) is 0 Å². The van der Waals surface area contributed by atoms with Crippen molar-refractivity contribution in [2.45, 2.75) is 38.9 Å². The average Bonchev–Trinajstić information content (AvgIpc) is 3.09. The van der Waals surface area contributed by atoms with E-state index in [1.165, 1.54) is 37.1 Å². The van der Waals surface area contributed by atoms with Gasteiger partial charge in [0, 0.05) is 44.2 Å². The molecule has 0 amide bonds. The van der Waals surface area contributed by atoms with Gasteiger partial charge in [-0.05, 0) is 38.4 Å². The monoisotopic (exact) mass is 339 g/mol. The second kappa shape index (κ2) is 7.58. The summed E-state index contributed by atoms with van der Waals surface area (Å²) in [6.45, 7) is 8.79. The zero-order valence-corrected chi connectivity index (χ0v) is 15.1. The first kappa shape index (κ1) is 16.6. The predicted octanol–water partition coefficient (Wildman–Crippen LogP) is 2.49. The molecule has 1 aromatic heterocycles. The van der Waals surface area contributed by atoms with Crippen LogP contribution in [0.3, 0.4) is 0 Å². The molecule has 1 saturated heterocycles. The molecule has 2 aliphatic heterocycles. The van der Waals surface area contributed by atoms with E-state index in [0.717, 1.165) is 32.0 Å². The van der Waals surface area contributed by atoms with Crippen molar-refractivity contribution in [3.63, 3.8) is 0 Å². The maximum Gasteiger partial charge on any atom is 0.124 e. The number of fused-ring (bicyclic) bond motifs is 1. The van der Waals surface area contributed by atoms with Crippen molar-refractivity contribution in [3.05, 3.63) is 47.7 Å². The maximum absolute atomic E-state index is 4.38. The molecule has 1 atom stereocenters. The van der Waals surface area contributed by atoms with Gasteiger partial charge in [0.2, 0.25) is 0 Å². The number of aryl methyl sites for hydroxylation is 1. The topological polar surface area (TPSA) is 45.1 Å². The highest BCUT2D eigenvalue weighted by Crippen LogP contribution is 2.18. The van der Waals surface area contributed by atoms with Gasteiger partial charge in [0.15, 0.2) is 0 Å². The van der Waals surface area contributed by atoms with Crippen LogP contribution in [-0.2, 0) is 13.1 Å². The van der Waals surface area contributed by atoms with Crippen LogP contribution < -0.4 is 10.6 Å². The molecule has 1 aromatic carbocycles. The van der Waals surface area contributed by atoms with Crippen molar-refractivity contribution in [1.29, 1.82) is 0 Å². The van der Waals surface area contributed by atoms with Crippen molar-refractivity contribution in [2.75, 3.05) is 31.5 Å². The summed E-state index contributed by atoms with van der Waals surface area (Å²) in [4.78, 5) is 2.59. The third-order valence-corrected chi connectivity index (χ3v) is 5.49. The molecule has 5 heteroatoms. The summed E-state index contributed by atoms with van der Waals surface area (Å²) in [6.07, 6.45) is 4.38. The van der Waals surface area contributed by atoms with Crippen molar-refractivity contribution in [3.8, 4) is 0 Å². The van der Waals surface area contributed by atoms with E-state index in [1.807, 2.05) is 12.3 Å². The second-order valence-electron chi connectivity index (χ2n) is 7.59. The number of likely N-dealkylation sites (tertiary alicyclic amines) is 1. The fourth-order valence-electron chi connectivity index (χ4n) is 4.02. The smallest absolute Gasteiger partial charge is 0.124 e. The van der Waals surface area contributed by atoms with Gasteiger partial charge in [0.1, 0.15) is 5.82 Å². The molecule has 4 rings (SSSR count). The van der Waals surface area contributed by atoms with Gasteiger partial charge in [-0.1, -0.05) is 29.8 Å². The van der Waals surface area contributed by atoms with Crippen LogP contribution in [0.2, 0.25) is 0 Å². The fourth-order valence-corrected chi connectivity index (χ4v) is 4.02. The van der Waals surface area contributed by atoms with E-state index in [0.29, 0.717) is 12.0 Å². The van der Waals surface area contributed by atoms with Gasteiger partial charge in [-0.2, -0.15) is 5.10 Å². The minimum atomic E-state index is 0.623. The number of anilines is 1. The van der Waals surface area contributed by atoms with E-state index in [-0.39, 0.29) is 0 Å². The van der Waals surface area contributed by atoms with Crippen LogP contribution in [0.5, 0.6) is 0 Å². The number of piperidine rings is 1. The van der Waals surface area contributed by atoms with Crippen LogP contribution in [0.15, 0.2) is 36.5 Å². The Labute approximate surface area is 150 Å². The first-order valence-corrected chi connectivity index (χ1v) is 9.53. The van der Waals surface area contributed by atoms with Crippen LogP contribution in [0, 0.1) is 12.8 Å². The predicted molar refractivity (Wildman–Crippen MR) is 102 cm³/mol. The molecule has 0 bridgehead atoms. The third kappa shape index (κ3) is 4.22. The Morgan fingerprint density at radius 3 is 2.96 bits per heavy atom. The lowest BCUT2D eigenvalue weighted by molar-refractivity contribution is 0.186. The molecule has 0 radical (unpaired) electrons. The highest BCUT2D eigenvalue weighted by Gasteiger charge is 2.22. The van der Waals surface area contributed by atoms with Gasteiger partial charge in [0.05, 0.1) is 6.20 Å². The van der Waals surface area contributed by atoms with E-state index in [1.54, 1.807) is 0 Å². The van der Waals surface area contributed by atoms with Crippen LogP contribution in [0.4, 0.5) is 5.82 Å². The Kier molecular flexibility index (Phi) is 5.04. The van der Waals surface area contributed by atoms with Gasteiger partial charge in [-0.15, -0.1) is 0 Å². The number of nitrogens with zero attached hydrogens (tertiary/aromatic N) is 3. The Hall–Kier alpha value is -1.85. The maximum atomic E-state index is 4.38. The minimum absolute atomic E-state index is 0.623. The molecule has 0 aliphatic carbocycles. The summed E-state index contributed by atoms with van der Waals surface area (Å²) in [5, 5.41) is 11.6. The molecule has 0 saturated carbocycles. The Bertz CT molecular complexity index is 687. The third-order valence-electron chi connectivity index (χ3n) is 5.49. The van der Waals surface area contributed by atoms with Gasteiger partial charge < -0.3 is 10.6 Å². The van der Waals surface area contributed by atoms with Crippen LogP contribution >= 0.6 is 0 Å². The molecule has 2 N–H and O–H groups in total. The van der Waals surface area contributed by atoms with Crippen LogP contribution in [0.1, 0.15) is 24.0 Å². The number of hydrogen-bond donors (Lipinski definition) is 2. The van der Waals surface area contributed by atoms with Gasteiger partial charge in [-0.25, -0.2) is 4.68 Å². The van der Waals surface area contributed by atoms with Gasteiger partial charge in [0.25, 0.3) is 0 Å². The first-order chi connectivity index (χ1) is 12.3. The van der Waals surface area contributed by atoms with E-state index < -0.39 is 0 Å². The quantitative estimate of drug-likeness (QED) is 0.878. The molecular weight excluding hydrogens is 310 g/mol. The van der Waals surface area contributed by atoms with E-state index >= 15 is 0 Å². The lowest BCUT2D eigenvalue weighted by atomic mass is 10.0. The summed E-state index contributed by atoms with van der Waals surface area (Å²) >= 11 is 0. The first-order valence-electron chi connectivity index (χ1n) is 9.53. The number of rotatable bonds is 5. The lowest BCUT2D eigenvalue weighted by Gasteiger charge is -2.34. The highest BCUT2D eigenvalue weighted by molar-refractivity contribution is 5.35. The van der Waals surface area contributed by atoms with E-state index in [2.05, 4.69) is 56.5 Å². The molecule has 134 valence electrons. The van der Waals surface area contributed by atoms with Crippen LogP contribution in [0.25, 0.3) is 0 Å². The summed E-state index contributed by atoms with van der Waals surface area (Å²) in [5.41, 5.74) is 2.80. The summed E-state index contributed by atoms with van der Waals surface area (Å²) < 4.78 is 2.08. The zero-order chi connectivity index (χ0) is 17.1. The Morgan fingerprint density at radius 2 is 2.12 bits per heavy atom. The number of aromatic nitrogens is 2. The molecule has 2 aromatic rings. The Balaban J connectivity index is 1.19. The number of nitrogens with one attached hydrogen (secondary N) is 2. The molecule has 0 spiro atoms. The van der Waals surface area contributed by atoms with Crippen molar-refractivity contribution in [2.24, 2.45) is 5.92 Å². The van der Waals surface area contributed by atoms with Crippen molar-refractivity contribution >= 4 is 5.82 Å². The molecular formula is C20H29N5. The molecule has 1 fully saturated rings. The van der Waals surface area contributed by atoms with Crippen molar-refractivity contribution < 1.29 is 0 Å². The Morgan fingerprint density at radius 1 is 1.24 bits per heavy atom. The summed E-state index contributed by atoms with van der Waals surface area (Å²) in [5.74, 6) is 1.78. The SMILES string of the molecule is Cc1cccc(CN2CCC(NCC3CNc4ccnn4C3)CC2)c1. The van der Waals surface area contributed by atoms with Gasteiger partial charge in [-0.3, -0.25) is 4.90 Å².